The van der Waals surface area contributed by atoms with Crippen LogP contribution in [0.5, 0.6) is 11.6 Å². The summed E-state index contributed by atoms with van der Waals surface area (Å²) < 4.78 is 18.8. The van der Waals surface area contributed by atoms with Gasteiger partial charge in [-0.05, 0) is 12.3 Å². The third kappa shape index (κ3) is 3.12. The second kappa shape index (κ2) is 5.70. The number of nitrogens with zero attached hydrogens (tertiary/aromatic N) is 3. The smallest absolute Gasteiger partial charge is 0.305 e. The highest BCUT2D eigenvalue weighted by molar-refractivity contribution is 7.98. The fourth-order valence-electron chi connectivity index (χ4n) is 1.38. The molecule has 2 rings (SSSR count). The van der Waals surface area contributed by atoms with Gasteiger partial charge in [-0.3, -0.25) is 10.1 Å². The molecular formula is C11H9FN4O3S. The third-order valence-corrected chi connectivity index (χ3v) is 2.77. The summed E-state index contributed by atoms with van der Waals surface area (Å²) in [5.41, 5.74) is 4.95. The van der Waals surface area contributed by atoms with Crippen LogP contribution in [-0.2, 0) is 0 Å². The van der Waals surface area contributed by atoms with E-state index in [0.717, 1.165) is 12.1 Å². The first kappa shape index (κ1) is 14.0. The van der Waals surface area contributed by atoms with Gasteiger partial charge in [0.2, 0.25) is 11.7 Å². The number of ether oxygens (including phenoxy) is 1. The van der Waals surface area contributed by atoms with E-state index in [1.54, 1.807) is 6.26 Å². The van der Waals surface area contributed by atoms with E-state index in [0.29, 0.717) is 5.16 Å². The SMILES string of the molecule is CSc1nc(N)cc(Oc2ccc([N+](=O)[O-])c(F)c2)n1. The predicted molar refractivity (Wildman–Crippen MR) is 71.4 cm³/mol. The minimum atomic E-state index is -0.986. The average molecular weight is 296 g/mol. The van der Waals surface area contributed by atoms with Gasteiger partial charge in [0.1, 0.15) is 11.6 Å². The van der Waals surface area contributed by atoms with Gasteiger partial charge in [-0.15, -0.1) is 0 Å². The number of nitro benzene ring substituents is 1. The molecule has 0 spiro atoms. The number of anilines is 1. The molecule has 104 valence electrons. The molecule has 0 aliphatic heterocycles. The van der Waals surface area contributed by atoms with E-state index in [1.165, 1.54) is 23.9 Å². The Morgan fingerprint density at radius 2 is 2.15 bits per heavy atom. The van der Waals surface area contributed by atoms with Gasteiger partial charge < -0.3 is 10.5 Å². The number of benzene rings is 1. The number of halogens is 1. The number of thioether (sulfide) groups is 1. The maximum absolute atomic E-state index is 13.4. The largest absolute Gasteiger partial charge is 0.439 e. The lowest BCUT2D eigenvalue weighted by atomic mass is 10.3. The van der Waals surface area contributed by atoms with Crippen molar-refractivity contribution in [3.63, 3.8) is 0 Å². The van der Waals surface area contributed by atoms with E-state index < -0.39 is 16.4 Å². The molecule has 2 aromatic rings. The zero-order chi connectivity index (χ0) is 14.7. The topological polar surface area (TPSA) is 104 Å². The van der Waals surface area contributed by atoms with Crippen LogP contribution in [0.4, 0.5) is 15.9 Å². The molecule has 0 atom stereocenters. The van der Waals surface area contributed by atoms with E-state index in [-0.39, 0.29) is 17.4 Å². The molecule has 2 N–H and O–H groups in total. The first-order chi connectivity index (χ1) is 9.49. The molecule has 0 bridgehead atoms. The minimum absolute atomic E-state index is 0.0817. The summed E-state index contributed by atoms with van der Waals surface area (Å²) in [6, 6.07) is 4.58. The summed E-state index contributed by atoms with van der Waals surface area (Å²) >= 11 is 1.27. The molecular weight excluding hydrogens is 287 g/mol. The van der Waals surface area contributed by atoms with Crippen LogP contribution < -0.4 is 10.5 Å². The second-order valence-corrected chi connectivity index (χ2v) is 4.36. The second-order valence-electron chi connectivity index (χ2n) is 3.59. The quantitative estimate of drug-likeness (QED) is 0.400. The van der Waals surface area contributed by atoms with Crippen LogP contribution in [-0.4, -0.2) is 21.1 Å². The van der Waals surface area contributed by atoms with Gasteiger partial charge in [0.05, 0.1) is 4.92 Å². The number of aromatic nitrogens is 2. The van der Waals surface area contributed by atoms with Crippen molar-refractivity contribution in [2.24, 2.45) is 0 Å². The first-order valence-corrected chi connectivity index (χ1v) is 6.52. The Morgan fingerprint density at radius 1 is 1.40 bits per heavy atom. The van der Waals surface area contributed by atoms with E-state index in [1.807, 2.05) is 0 Å². The number of nitro groups is 1. The highest BCUT2D eigenvalue weighted by atomic mass is 32.2. The highest BCUT2D eigenvalue weighted by Gasteiger charge is 2.15. The van der Waals surface area contributed by atoms with Gasteiger partial charge in [0.25, 0.3) is 0 Å². The van der Waals surface area contributed by atoms with Crippen LogP contribution in [0.2, 0.25) is 0 Å². The molecule has 1 aromatic carbocycles. The van der Waals surface area contributed by atoms with Crippen LogP contribution in [0.25, 0.3) is 0 Å². The molecule has 0 amide bonds. The Kier molecular flexibility index (Phi) is 3.99. The van der Waals surface area contributed by atoms with E-state index in [9.17, 15) is 14.5 Å². The van der Waals surface area contributed by atoms with Crippen molar-refractivity contribution in [2.75, 3.05) is 12.0 Å². The molecule has 9 heteroatoms. The molecule has 0 fully saturated rings. The van der Waals surface area contributed by atoms with E-state index in [4.69, 9.17) is 10.5 Å². The molecule has 0 aliphatic rings. The summed E-state index contributed by atoms with van der Waals surface area (Å²) in [5.74, 6) is -0.560. The lowest BCUT2D eigenvalue weighted by molar-refractivity contribution is -0.387. The molecule has 1 aromatic heterocycles. The van der Waals surface area contributed by atoms with Gasteiger partial charge in [-0.25, -0.2) is 4.98 Å². The molecule has 0 aliphatic carbocycles. The first-order valence-electron chi connectivity index (χ1n) is 5.30. The molecule has 7 nitrogen and oxygen atoms in total. The summed E-state index contributed by atoms with van der Waals surface area (Å²) in [6.45, 7) is 0. The van der Waals surface area contributed by atoms with Crippen molar-refractivity contribution in [2.45, 2.75) is 5.16 Å². The Morgan fingerprint density at radius 3 is 2.75 bits per heavy atom. The number of nitrogen functional groups attached to an aromatic ring is 1. The molecule has 0 saturated carbocycles. The van der Waals surface area contributed by atoms with Gasteiger partial charge in [-0.2, -0.15) is 9.37 Å². The Bertz CT molecular complexity index is 668. The Hall–Kier alpha value is -2.42. The fraction of sp³-hybridized carbons (Fsp3) is 0.0909. The monoisotopic (exact) mass is 296 g/mol. The summed E-state index contributed by atoms with van der Waals surface area (Å²) in [7, 11) is 0. The zero-order valence-electron chi connectivity index (χ0n) is 10.2. The average Bonchev–Trinajstić information content (AvgIpc) is 2.37. The summed E-state index contributed by atoms with van der Waals surface area (Å²) in [5, 5.41) is 10.9. The number of nitrogens with two attached hydrogens (primary N) is 1. The molecule has 0 saturated heterocycles. The van der Waals surface area contributed by atoms with Crippen LogP contribution in [0.15, 0.2) is 29.4 Å². The lowest BCUT2D eigenvalue weighted by Crippen LogP contribution is -1.98. The number of rotatable bonds is 4. The van der Waals surface area contributed by atoms with Crippen LogP contribution in [0, 0.1) is 15.9 Å². The molecule has 0 radical (unpaired) electrons. The van der Waals surface area contributed by atoms with Gasteiger partial charge in [0.15, 0.2) is 5.16 Å². The summed E-state index contributed by atoms with van der Waals surface area (Å²) in [6.07, 6.45) is 1.77. The van der Waals surface area contributed by atoms with Crippen molar-refractivity contribution in [3.8, 4) is 11.6 Å². The zero-order valence-corrected chi connectivity index (χ0v) is 11.1. The molecule has 0 unspecified atom stereocenters. The normalized spacial score (nSPS) is 10.3. The summed E-state index contributed by atoms with van der Waals surface area (Å²) in [4.78, 5) is 17.7. The van der Waals surface area contributed by atoms with Crippen molar-refractivity contribution in [1.82, 2.24) is 9.97 Å². The lowest BCUT2D eigenvalue weighted by Gasteiger charge is -2.06. The van der Waals surface area contributed by atoms with Crippen molar-refractivity contribution < 1.29 is 14.1 Å². The minimum Gasteiger partial charge on any atom is -0.439 e. The number of hydrogen-bond donors (Lipinski definition) is 1. The predicted octanol–water partition coefficient (Wildman–Crippen LogP) is 2.62. The van der Waals surface area contributed by atoms with Gasteiger partial charge in [0, 0.05) is 18.2 Å². The Balaban J connectivity index is 2.28. The van der Waals surface area contributed by atoms with E-state index >= 15 is 0 Å². The molecule has 1 heterocycles. The van der Waals surface area contributed by atoms with Crippen LogP contribution in [0.3, 0.4) is 0 Å². The van der Waals surface area contributed by atoms with Crippen molar-refractivity contribution >= 4 is 23.3 Å². The maximum atomic E-state index is 13.4. The van der Waals surface area contributed by atoms with Crippen molar-refractivity contribution in [3.05, 3.63) is 40.2 Å². The number of hydrogen-bond acceptors (Lipinski definition) is 7. The van der Waals surface area contributed by atoms with Gasteiger partial charge >= 0.3 is 5.69 Å². The third-order valence-electron chi connectivity index (χ3n) is 2.22. The Labute approximate surface area is 117 Å². The maximum Gasteiger partial charge on any atom is 0.305 e. The standard InChI is InChI=1S/C11H9FN4O3S/c1-20-11-14-9(13)5-10(15-11)19-6-2-3-8(16(17)18)7(12)4-6/h2-5H,1H3,(H2,13,14,15). The van der Waals surface area contributed by atoms with E-state index in [2.05, 4.69) is 9.97 Å². The molecule has 20 heavy (non-hydrogen) atoms. The van der Waals surface area contributed by atoms with Crippen LogP contribution >= 0.6 is 11.8 Å². The van der Waals surface area contributed by atoms with Crippen LogP contribution in [0.1, 0.15) is 0 Å². The van der Waals surface area contributed by atoms with Crippen molar-refractivity contribution in [1.29, 1.82) is 0 Å². The highest BCUT2D eigenvalue weighted by Crippen LogP contribution is 2.27. The van der Waals surface area contributed by atoms with Gasteiger partial charge in [-0.1, -0.05) is 11.8 Å². The fourth-order valence-corrected chi connectivity index (χ4v) is 1.76.